The molecule has 118 valence electrons. The summed E-state index contributed by atoms with van der Waals surface area (Å²) in [5, 5.41) is 10.3. The van der Waals surface area contributed by atoms with Crippen LogP contribution in [-0.4, -0.2) is 59.2 Å². The Labute approximate surface area is 136 Å². The molecule has 3 rings (SSSR count). The monoisotopic (exact) mass is 317 g/mol. The van der Waals surface area contributed by atoms with Gasteiger partial charge in [0.2, 0.25) is 0 Å². The van der Waals surface area contributed by atoms with Gasteiger partial charge in [-0.25, -0.2) is 4.98 Å². The van der Waals surface area contributed by atoms with Crippen molar-refractivity contribution in [2.24, 2.45) is 0 Å². The van der Waals surface area contributed by atoms with E-state index in [1.165, 1.54) is 10.4 Å². The number of rotatable bonds is 5. The van der Waals surface area contributed by atoms with Crippen LogP contribution in [-0.2, 0) is 6.54 Å². The lowest BCUT2D eigenvalue weighted by Crippen LogP contribution is -2.51. The van der Waals surface area contributed by atoms with Crippen molar-refractivity contribution in [3.63, 3.8) is 0 Å². The molecule has 22 heavy (non-hydrogen) atoms. The topological polar surface area (TPSA) is 39.6 Å². The molecule has 0 radical (unpaired) electrons. The van der Waals surface area contributed by atoms with E-state index in [0.29, 0.717) is 6.04 Å². The number of hydrogen-bond acceptors (Lipinski definition) is 5. The Balaban J connectivity index is 1.63. The van der Waals surface area contributed by atoms with Gasteiger partial charge < -0.3 is 10.0 Å². The highest BCUT2D eigenvalue weighted by Crippen LogP contribution is 2.26. The molecule has 0 unspecified atom stereocenters. The van der Waals surface area contributed by atoms with Gasteiger partial charge in [0.05, 0.1) is 0 Å². The SMILES string of the molecule is CN1CCN(Cc2cnc(-c3ccccc3)s2)C[C@@H]1CCO. The molecule has 0 saturated carbocycles. The summed E-state index contributed by atoms with van der Waals surface area (Å²) >= 11 is 1.78. The molecule has 0 bridgehead atoms. The summed E-state index contributed by atoms with van der Waals surface area (Å²) in [4.78, 5) is 10.7. The Morgan fingerprint density at radius 3 is 2.86 bits per heavy atom. The van der Waals surface area contributed by atoms with E-state index >= 15 is 0 Å². The fourth-order valence-corrected chi connectivity index (χ4v) is 3.89. The fraction of sp³-hybridized carbons (Fsp3) is 0.471. The number of aliphatic hydroxyl groups is 1. The van der Waals surface area contributed by atoms with Gasteiger partial charge in [-0.3, -0.25) is 4.90 Å². The molecule has 1 saturated heterocycles. The van der Waals surface area contributed by atoms with Crippen LogP contribution < -0.4 is 0 Å². The minimum absolute atomic E-state index is 0.265. The lowest BCUT2D eigenvalue weighted by Gasteiger charge is -2.39. The highest BCUT2D eigenvalue weighted by molar-refractivity contribution is 7.15. The number of piperazine rings is 1. The number of aliphatic hydroxyl groups excluding tert-OH is 1. The van der Waals surface area contributed by atoms with Crippen molar-refractivity contribution in [1.29, 1.82) is 0 Å². The average molecular weight is 317 g/mol. The molecule has 1 aromatic heterocycles. The van der Waals surface area contributed by atoms with Crippen LogP contribution in [0, 0.1) is 0 Å². The third kappa shape index (κ3) is 3.73. The highest BCUT2D eigenvalue weighted by Gasteiger charge is 2.24. The summed E-state index contributed by atoms with van der Waals surface area (Å²) in [6.07, 6.45) is 2.86. The second-order valence-corrected chi connectivity index (χ2v) is 6.99. The predicted molar refractivity (Wildman–Crippen MR) is 90.9 cm³/mol. The first-order valence-electron chi connectivity index (χ1n) is 7.80. The van der Waals surface area contributed by atoms with Crippen molar-refractivity contribution in [3.05, 3.63) is 41.4 Å². The van der Waals surface area contributed by atoms with Crippen LogP contribution >= 0.6 is 11.3 Å². The third-order valence-corrected chi connectivity index (χ3v) is 5.31. The molecule has 1 fully saturated rings. The second-order valence-electron chi connectivity index (χ2n) is 5.88. The van der Waals surface area contributed by atoms with Crippen molar-refractivity contribution in [3.8, 4) is 10.6 Å². The van der Waals surface area contributed by atoms with E-state index in [2.05, 4.69) is 46.1 Å². The van der Waals surface area contributed by atoms with Crippen LogP contribution in [0.25, 0.3) is 10.6 Å². The van der Waals surface area contributed by atoms with Gasteiger partial charge >= 0.3 is 0 Å². The van der Waals surface area contributed by atoms with Crippen molar-refractivity contribution >= 4 is 11.3 Å². The van der Waals surface area contributed by atoms with Gasteiger partial charge in [0.15, 0.2) is 0 Å². The number of benzene rings is 1. The normalized spacial score (nSPS) is 20.4. The molecule has 1 aliphatic rings. The van der Waals surface area contributed by atoms with Gasteiger partial charge in [0.1, 0.15) is 5.01 Å². The van der Waals surface area contributed by atoms with Crippen LogP contribution in [0.15, 0.2) is 36.5 Å². The number of aromatic nitrogens is 1. The van der Waals surface area contributed by atoms with E-state index < -0.39 is 0 Å². The van der Waals surface area contributed by atoms with Crippen LogP contribution in [0.1, 0.15) is 11.3 Å². The zero-order valence-electron chi connectivity index (χ0n) is 13.0. The Morgan fingerprint density at radius 2 is 2.09 bits per heavy atom. The van der Waals surface area contributed by atoms with Crippen molar-refractivity contribution in [1.82, 2.24) is 14.8 Å². The zero-order valence-corrected chi connectivity index (χ0v) is 13.8. The maximum absolute atomic E-state index is 9.19. The van der Waals surface area contributed by atoms with Gasteiger partial charge in [0, 0.05) is 55.5 Å². The predicted octanol–water partition coefficient (Wildman–Crippen LogP) is 2.31. The van der Waals surface area contributed by atoms with Crippen LogP contribution in [0.4, 0.5) is 0 Å². The molecule has 0 spiro atoms. The molecule has 0 aliphatic carbocycles. The van der Waals surface area contributed by atoms with E-state index in [9.17, 15) is 5.11 Å². The van der Waals surface area contributed by atoms with Crippen LogP contribution in [0.3, 0.4) is 0 Å². The fourth-order valence-electron chi connectivity index (χ4n) is 2.93. The van der Waals surface area contributed by atoms with E-state index in [1.807, 2.05) is 12.3 Å². The Kier molecular flexibility index (Phi) is 5.20. The lowest BCUT2D eigenvalue weighted by molar-refractivity contribution is 0.0748. The number of nitrogens with zero attached hydrogens (tertiary/aromatic N) is 3. The van der Waals surface area contributed by atoms with E-state index in [1.54, 1.807) is 11.3 Å². The molecular weight excluding hydrogens is 294 g/mol. The van der Waals surface area contributed by atoms with Gasteiger partial charge in [0.25, 0.3) is 0 Å². The standard InChI is InChI=1S/C17H23N3OS/c1-19-8-9-20(12-15(19)7-10-21)13-16-11-18-17(22-16)14-5-3-2-4-6-14/h2-6,11,15,21H,7-10,12-13H2,1H3/t15-/m0/s1. The summed E-state index contributed by atoms with van der Waals surface area (Å²) in [7, 11) is 2.15. The number of thiazole rings is 1. The van der Waals surface area contributed by atoms with Gasteiger partial charge in [-0.1, -0.05) is 30.3 Å². The maximum Gasteiger partial charge on any atom is 0.123 e. The first-order chi connectivity index (χ1) is 10.8. The second kappa shape index (κ2) is 7.33. The quantitative estimate of drug-likeness (QED) is 0.918. The van der Waals surface area contributed by atoms with Crippen molar-refractivity contribution in [2.75, 3.05) is 33.3 Å². The minimum Gasteiger partial charge on any atom is -0.396 e. The highest BCUT2D eigenvalue weighted by atomic mass is 32.1. The summed E-state index contributed by atoms with van der Waals surface area (Å²) in [6.45, 7) is 4.39. The van der Waals surface area contributed by atoms with E-state index in [0.717, 1.165) is 37.6 Å². The molecule has 0 amide bonds. The molecule has 4 nitrogen and oxygen atoms in total. The molecule has 2 aromatic rings. The lowest BCUT2D eigenvalue weighted by atomic mass is 10.1. The minimum atomic E-state index is 0.265. The first kappa shape index (κ1) is 15.6. The molecule has 5 heteroatoms. The maximum atomic E-state index is 9.19. The van der Waals surface area contributed by atoms with Gasteiger partial charge in [-0.2, -0.15) is 0 Å². The van der Waals surface area contributed by atoms with E-state index in [4.69, 9.17) is 0 Å². The summed E-state index contributed by atoms with van der Waals surface area (Å²) in [5.41, 5.74) is 1.19. The molecular formula is C17H23N3OS. The molecule has 2 heterocycles. The smallest absolute Gasteiger partial charge is 0.123 e. The Bertz CT molecular complexity index is 587. The molecule has 1 N–H and O–H groups in total. The first-order valence-corrected chi connectivity index (χ1v) is 8.61. The summed E-state index contributed by atoms with van der Waals surface area (Å²) in [5.74, 6) is 0. The molecule has 1 aromatic carbocycles. The van der Waals surface area contributed by atoms with Crippen molar-refractivity contribution < 1.29 is 5.11 Å². The van der Waals surface area contributed by atoms with E-state index in [-0.39, 0.29) is 6.61 Å². The molecule has 1 atom stereocenters. The third-order valence-electron chi connectivity index (χ3n) is 4.28. The van der Waals surface area contributed by atoms with Crippen LogP contribution in [0.5, 0.6) is 0 Å². The van der Waals surface area contributed by atoms with Gasteiger partial charge in [-0.05, 0) is 13.5 Å². The zero-order chi connectivity index (χ0) is 15.4. The number of likely N-dealkylation sites (N-methyl/N-ethyl adjacent to an activating group) is 1. The van der Waals surface area contributed by atoms with Gasteiger partial charge in [-0.15, -0.1) is 11.3 Å². The Morgan fingerprint density at radius 1 is 1.27 bits per heavy atom. The molecule has 1 aliphatic heterocycles. The summed E-state index contributed by atoms with van der Waals surface area (Å²) in [6, 6.07) is 10.8. The summed E-state index contributed by atoms with van der Waals surface area (Å²) < 4.78 is 0. The van der Waals surface area contributed by atoms with Crippen molar-refractivity contribution in [2.45, 2.75) is 19.0 Å². The number of hydrogen-bond donors (Lipinski definition) is 1. The average Bonchev–Trinajstić information content (AvgIpc) is 3.00. The van der Waals surface area contributed by atoms with Crippen LogP contribution in [0.2, 0.25) is 0 Å². The Hall–Kier alpha value is -1.27. The largest absolute Gasteiger partial charge is 0.396 e.